The van der Waals surface area contributed by atoms with Crippen molar-refractivity contribution < 1.29 is 0 Å². The van der Waals surface area contributed by atoms with Gasteiger partial charge < -0.3 is 10.2 Å². The highest BCUT2D eigenvalue weighted by atomic mass is 15.1. The topological polar surface area (TPSA) is 15.3 Å². The Bertz CT molecular complexity index is 330. The van der Waals surface area contributed by atoms with E-state index in [1.807, 2.05) is 0 Å². The zero-order valence-corrected chi connectivity index (χ0v) is 14.8. The van der Waals surface area contributed by atoms with E-state index in [0.717, 1.165) is 18.4 Å². The molecule has 2 bridgehead atoms. The molecule has 0 aromatic carbocycles. The Balaban J connectivity index is 1.99. The maximum Gasteiger partial charge on any atom is 0.0217 e. The van der Waals surface area contributed by atoms with Crippen molar-refractivity contribution in [3.63, 3.8) is 0 Å². The molecule has 0 spiro atoms. The average Bonchev–Trinajstić information content (AvgIpc) is 2.77. The summed E-state index contributed by atoms with van der Waals surface area (Å²) in [6.07, 6.45) is 5.60. The molecule has 0 aliphatic heterocycles. The van der Waals surface area contributed by atoms with Crippen molar-refractivity contribution in [1.82, 2.24) is 10.2 Å². The van der Waals surface area contributed by atoms with Crippen LogP contribution in [0.15, 0.2) is 0 Å². The van der Waals surface area contributed by atoms with Crippen LogP contribution in [0.4, 0.5) is 0 Å². The van der Waals surface area contributed by atoms with E-state index >= 15 is 0 Å². The van der Waals surface area contributed by atoms with Crippen molar-refractivity contribution in [1.29, 1.82) is 0 Å². The molecule has 0 heterocycles. The zero-order valence-electron chi connectivity index (χ0n) is 14.8. The first kappa shape index (κ1) is 16.3. The fourth-order valence-corrected chi connectivity index (χ4v) is 5.09. The summed E-state index contributed by atoms with van der Waals surface area (Å²) in [5.41, 5.74) is 1.02. The van der Waals surface area contributed by atoms with Gasteiger partial charge >= 0.3 is 0 Å². The second-order valence-corrected chi connectivity index (χ2v) is 9.00. The van der Waals surface area contributed by atoms with Gasteiger partial charge in [0.15, 0.2) is 0 Å². The second kappa shape index (κ2) is 5.61. The van der Waals surface area contributed by atoms with Crippen LogP contribution in [-0.2, 0) is 0 Å². The number of nitrogens with zero attached hydrogens (tertiary/aromatic N) is 1. The number of hydrogen-bond acceptors (Lipinski definition) is 2. The first-order valence-corrected chi connectivity index (χ1v) is 8.56. The van der Waals surface area contributed by atoms with Gasteiger partial charge in [-0.2, -0.15) is 0 Å². The molecule has 0 amide bonds. The summed E-state index contributed by atoms with van der Waals surface area (Å²) in [5, 5.41) is 3.99. The van der Waals surface area contributed by atoms with Crippen LogP contribution in [0.3, 0.4) is 0 Å². The lowest BCUT2D eigenvalue weighted by Crippen LogP contribution is -2.53. The van der Waals surface area contributed by atoms with Crippen LogP contribution < -0.4 is 5.32 Å². The Morgan fingerprint density at radius 3 is 2.30 bits per heavy atom. The van der Waals surface area contributed by atoms with Crippen LogP contribution in [0.25, 0.3) is 0 Å². The van der Waals surface area contributed by atoms with Crippen LogP contribution in [0.5, 0.6) is 0 Å². The molecule has 2 aliphatic carbocycles. The number of likely N-dealkylation sites (N-methyl/N-ethyl adjacent to an activating group) is 1. The molecular weight excluding hydrogens is 244 g/mol. The molecule has 0 saturated heterocycles. The van der Waals surface area contributed by atoms with E-state index in [-0.39, 0.29) is 0 Å². The summed E-state index contributed by atoms with van der Waals surface area (Å²) < 4.78 is 0. The van der Waals surface area contributed by atoms with Gasteiger partial charge in [-0.3, -0.25) is 0 Å². The van der Waals surface area contributed by atoms with E-state index in [4.69, 9.17) is 0 Å². The van der Waals surface area contributed by atoms with Crippen molar-refractivity contribution in [2.75, 3.05) is 20.6 Å². The molecule has 2 rings (SSSR count). The maximum atomic E-state index is 3.99. The summed E-state index contributed by atoms with van der Waals surface area (Å²) in [6, 6.07) is 1.36. The standard InChI is InChI=1S/C18H36N2/c1-13(2)10-15(20(6)7)12-19-16-17(3,4)14-8-9-18(16,5)11-14/h13-16,19H,8-12H2,1-7H3/t14-,15?,16?,18+/m0/s1. The lowest BCUT2D eigenvalue weighted by Gasteiger charge is -2.44. The van der Waals surface area contributed by atoms with Crippen LogP contribution in [0.1, 0.15) is 60.3 Å². The molecule has 2 heteroatoms. The lowest BCUT2D eigenvalue weighted by molar-refractivity contribution is 0.0993. The largest absolute Gasteiger partial charge is 0.311 e. The molecule has 2 fully saturated rings. The third-order valence-corrected chi connectivity index (χ3v) is 6.30. The highest BCUT2D eigenvalue weighted by Gasteiger charge is 2.58. The minimum Gasteiger partial charge on any atom is -0.311 e. The van der Waals surface area contributed by atoms with E-state index < -0.39 is 0 Å². The Labute approximate surface area is 126 Å². The summed E-state index contributed by atoms with van der Waals surface area (Å²) in [7, 11) is 4.45. The predicted molar refractivity (Wildman–Crippen MR) is 87.9 cm³/mol. The summed E-state index contributed by atoms with van der Waals surface area (Å²) in [5.74, 6) is 1.71. The van der Waals surface area contributed by atoms with E-state index in [1.54, 1.807) is 0 Å². The minimum atomic E-state index is 0.474. The molecule has 0 aromatic heterocycles. The highest BCUT2D eigenvalue weighted by molar-refractivity contribution is 5.12. The second-order valence-electron chi connectivity index (χ2n) is 9.00. The summed E-state index contributed by atoms with van der Waals surface area (Å²) in [4.78, 5) is 2.40. The van der Waals surface area contributed by atoms with Crippen molar-refractivity contribution in [2.45, 2.75) is 72.4 Å². The summed E-state index contributed by atoms with van der Waals surface area (Å²) >= 11 is 0. The first-order valence-electron chi connectivity index (χ1n) is 8.56. The Hall–Kier alpha value is -0.0800. The van der Waals surface area contributed by atoms with Gasteiger partial charge in [-0.1, -0.05) is 34.6 Å². The fraction of sp³-hybridized carbons (Fsp3) is 1.00. The van der Waals surface area contributed by atoms with Gasteiger partial charge in [-0.15, -0.1) is 0 Å². The Morgan fingerprint density at radius 1 is 1.20 bits per heavy atom. The van der Waals surface area contributed by atoms with Gasteiger partial charge in [0.2, 0.25) is 0 Å². The van der Waals surface area contributed by atoms with Gasteiger partial charge in [0, 0.05) is 18.6 Å². The normalized spacial score (nSPS) is 37.0. The Morgan fingerprint density at radius 2 is 1.85 bits per heavy atom. The zero-order chi connectivity index (χ0) is 15.1. The molecule has 1 N–H and O–H groups in total. The van der Waals surface area contributed by atoms with Gasteiger partial charge in [0.25, 0.3) is 0 Å². The Kier molecular flexibility index (Phi) is 4.57. The van der Waals surface area contributed by atoms with Crippen LogP contribution >= 0.6 is 0 Å². The molecule has 20 heavy (non-hydrogen) atoms. The van der Waals surface area contributed by atoms with Gasteiger partial charge in [-0.05, 0) is 62.4 Å². The van der Waals surface area contributed by atoms with Gasteiger partial charge in [-0.25, -0.2) is 0 Å². The number of hydrogen-bond donors (Lipinski definition) is 1. The van der Waals surface area contributed by atoms with Gasteiger partial charge in [0.05, 0.1) is 0 Å². The molecule has 2 unspecified atom stereocenters. The van der Waals surface area contributed by atoms with Crippen LogP contribution in [0, 0.1) is 22.7 Å². The number of nitrogens with one attached hydrogen (secondary N) is 1. The van der Waals surface area contributed by atoms with Crippen LogP contribution in [-0.4, -0.2) is 37.6 Å². The third kappa shape index (κ3) is 2.92. The molecule has 0 radical (unpaired) electrons. The van der Waals surface area contributed by atoms with Crippen LogP contribution in [0.2, 0.25) is 0 Å². The maximum absolute atomic E-state index is 3.99. The van der Waals surface area contributed by atoms with Crippen molar-refractivity contribution in [2.24, 2.45) is 22.7 Å². The average molecular weight is 280 g/mol. The molecule has 2 aliphatic rings. The van der Waals surface area contributed by atoms with E-state index in [2.05, 4.69) is 58.9 Å². The lowest BCUT2D eigenvalue weighted by atomic mass is 9.68. The smallest absolute Gasteiger partial charge is 0.0217 e. The SMILES string of the molecule is CC(C)CC(CNC1C(C)(C)[C@H]2CC[C@]1(C)C2)N(C)C. The monoisotopic (exact) mass is 280 g/mol. The van der Waals surface area contributed by atoms with E-state index in [1.165, 1.54) is 25.7 Å². The molecule has 118 valence electrons. The van der Waals surface area contributed by atoms with E-state index in [0.29, 0.717) is 22.9 Å². The highest BCUT2D eigenvalue weighted by Crippen LogP contribution is 2.62. The fourth-order valence-electron chi connectivity index (χ4n) is 5.09. The van der Waals surface area contributed by atoms with Gasteiger partial charge in [0.1, 0.15) is 0 Å². The van der Waals surface area contributed by atoms with Crippen molar-refractivity contribution in [3.8, 4) is 0 Å². The molecule has 4 atom stereocenters. The van der Waals surface area contributed by atoms with Crippen molar-refractivity contribution >= 4 is 0 Å². The predicted octanol–water partition coefficient (Wildman–Crippen LogP) is 3.77. The molecular formula is C18H36N2. The number of rotatable bonds is 6. The van der Waals surface area contributed by atoms with E-state index in [9.17, 15) is 0 Å². The quantitative estimate of drug-likeness (QED) is 0.797. The molecule has 2 saturated carbocycles. The summed E-state index contributed by atoms with van der Waals surface area (Å²) in [6.45, 7) is 13.3. The number of fused-ring (bicyclic) bond motifs is 2. The van der Waals surface area contributed by atoms with Crippen molar-refractivity contribution in [3.05, 3.63) is 0 Å². The molecule has 2 nitrogen and oxygen atoms in total. The molecule has 0 aromatic rings. The third-order valence-electron chi connectivity index (χ3n) is 6.30. The minimum absolute atomic E-state index is 0.474. The first-order chi connectivity index (χ1) is 9.17.